The number of alkyl halides is 1. The van der Waals surface area contributed by atoms with Gasteiger partial charge in [-0.2, -0.15) is 0 Å². The lowest BCUT2D eigenvalue weighted by atomic mass is 10.2. The monoisotopic (exact) mass is 261 g/mol. The van der Waals surface area contributed by atoms with Gasteiger partial charge in [0.15, 0.2) is 0 Å². The number of nitrogens with one attached hydrogen (secondary N) is 1. The molecule has 17 heavy (non-hydrogen) atoms. The van der Waals surface area contributed by atoms with Crippen LogP contribution < -0.4 is 5.32 Å². The molecule has 4 nitrogen and oxygen atoms in total. The molecule has 1 fully saturated rings. The topological polar surface area (TPSA) is 35.6 Å². The lowest BCUT2D eigenvalue weighted by Crippen LogP contribution is -2.45. The molecule has 1 unspecified atom stereocenters. The van der Waals surface area contributed by atoms with Crippen molar-refractivity contribution in [3.63, 3.8) is 0 Å². The summed E-state index contributed by atoms with van der Waals surface area (Å²) >= 11 is 5.62. The second-order valence-electron chi connectivity index (χ2n) is 4.84. The molecule has 0 bridgehead atoms. The van der Waals surface area contributed by atoms with Gasteiger partial charge in [-0.25, -0.2) is 0 Å². The van der Waals surface area contributed by atoms with Gasteiger partial charge < -0.3 is 15.1 Å². The first-order valence-electron chi connectivity index (χ1n) is 6.38. The van der Waals surface area contributed by atoms with Crippen LogP contribution in [-0.2, 0) is 4.79 Å². The molecule has 1 heterocycles. The minimum atomic E-state index is -0.0831. The Hall–Kier alpha value is -0.320. The minimum Gasteiger partial charge on any atom is -0.356 e. The van der Waals surface area contributed by atoms with Crippen LogP contribution in [0.15, 0.2) is 0 Å². The maximum atomic E-state index is 11.5. The second kappa shape index (κ2) is 7.90. The van der Waals surface area contributed by atoms with Crippen molar-refractivity contribution in [3.8, 4) is 0 Å². The summed E-state index contributed by atoms with van der Waals surface area (Å²) in [5.41, 5.74) is 0. The molecular formula is C12H24ClN3O. The lowest BCUT2D eigenvalue weighted by molar-refractivity contribution is -0.123. The van der Waals surface area contributed by atoms with Gasteiger partial charge in [0.25, 0.3) is 0 Å². The summed E-state index contributed by atoms with van der Waals surface area (Å²) in [5, 5.41) is 2.92. The van der Waals surface area contributed by atoms with E-state index in [0.717, 1.165) is 45.7 Å². The van der Waals surface area contributed by atoms with Crippen molar-refractivity contribution in [2.45, 2.75) is 13.3 Å². The zero-order valence-electron chi connectivity index (χ0n) is 10.9. The number of amides is 1. The zero-order chi connectivity index (χ0) is 12.7. The van der Waals surface area contributed by atoms with E-state index in [1.165, 1.54) is 0 Å². The molecule has 1 N–H and O–H groups in total. The first-order chi connectivity index (χ1) is 8.13. The molecule has 5 heteroatoms. The van der Waals surface area contributed by atoms with Gasteiger partial charge >= 0.3 is 0 Å². The zero-order valence-corrected chi connectivity index (χ0v) is 11.7. The molecule has 100 valence electrons. The minimum absolute atomic E-state index is 0.0679. The summed E-state index contributed by atoms with van der Waals surface area (Å²) in [5.74, 6) is 0.378. The maximum Gasteiger partial charge on any atom is 0.224 e. The van der Waals surface area contributed by atoms with Gasteiger partial charge in [-0.15, -0.1) is 11.6 Å². The van der Waals surface area contributed by atoms with Gasteiger partial charge in [-0.05, 0) is 20.0 Å². The Balaban J connectivity index is 2.02. The average molecular weight is 262 g/mol. The highest BCUT2D eigenvalue weighted by molar-refractivity contribution is 6.19. The second-order valence-corrected chi connectivity index (χ2v) is 5.15. The van der Waals surface area contributed by atoms with Crippen LogP contribution in [0.5, 0.6) is 0 Å². The van der Waals surface area contributed by atoms with E-state index in [0.29, 0.717) is 5.88 Å². The molecule has 0 spiro atoms. The van der Waals surface area contributed by atoms with E-state index >= 15 is 0 Å². The number of carbonyl (C=O) groups excluding carboxylic acids is 1. The van der Waals surface area contributed by atoms with Crippen LogP contribution in [0.2, 0.25) is 0 Å². The molecule has 0 aliphatic carbocycles. The summed E-state index contributed by atoms with van der Waals surface area (Å²) in [4.78, 5) is 16.3. The third kappa shape index (κ3) is 5.70. The highest BCUT2D eigenvalue weighted by atomic mass is 35.5. The Labute approximate surface area is 109 Å². The molecule has 1 amide bonds. The molecule has 1 saturated heterocycles. The van der Waals surface area contributed by atoms with E-state index in [2.05, 4.69) is 22.2 Å². The lowest BCUT2D eigenvalue weighted by Gasteiger charge is -2.32. The van der Waals surface area contributed by atoms with Crippen molar-refractivity contribution in [1.82, 2.24) is 15.1 Å². The van der Waals surface area contributed by atoms with Gasteiger partial charge in [-0.3, -0.25) is 4.79 Å². The van der Waals surface area contributed by atoms with Gasteiger partial charge in [0.05, 0.1) is 0 Å². The molecule has 0 radical (unpaired) electrons. The predicted molar refractivity (Wildman–Crippen MR) is 71.4 cm³/mol. The summed E-state index contributed by atoms with van der Waals surface area (Å²) in [7, 11) is 2.16. The predicted octanol–water partition coefficient (Wildman–Crippen LogP) is 0.615. The molecule has 0 aromatic heterocycles. The average Bonchev–Trinajstić information content (AvgIpc) is 2.35. The Morgan fingerprint density at radius 3 is 2.59 bits per heavy atom. The van der Waals surface area contributed by atoms with Gasteiger partial charge in [0, 0.05) is 44.5 Å². The number of piperazine rings is 1. The van der Waals surface area contributed by atoms with E-state index in [4.69, 9.17) is 11.6 Å². The van der Waals surface area contributed by atoms with E-state index in [1.54, 1.807) is 0 Å². The Bertz CT molecular complexity index is 230. The molecule has 1 aliphatic rings. The fraction of sp³-hybridized carbons (Fsp3) is 0.917. The number of hydrogen-bond donors (Lipinski definition) is 1. The van der Waals surface area contributed by atoms with Gasteiger partial charge in [0.2, 0.25) is 5.91 Å². The Kier molecular flexibility index (Phi) is 6.85. The maximum absolute atomic E-state index is 11.5. The molecule has 1 rings (SSSR count). The van der Waals surface area contributed by atoms with Crippen molar-refractivity contribution >= 4 is 17.5 Å². The summed E-state index contributed by atoms with van der Waals surface area (Å²) in [6.45, 7) is 8.26. The Morgan fingerprint density at radius 1 is 1.35 bits per heavy atom. The van der Waals surface area contributed by atoms with Crippen LogP contribution >= 0.6 is 11.6 Å². The fourth-order valence-electron chi connectivity index (χ4n) is 1.83. The fourth-order valence-corrected chi connectivity index (χ4v) is 1.97. The van der Waals surface area contributed by atoms with E-state index in [9.17, 15) is 4.79 Å². The van der Waals surface area contributed by atoms with Crippen LogP contribution in [-0.4, -0.2) is 67.9 Å². The van der Waals surface area contributed by atoms with Crippen molar-refractivity contribution < 1.29 is 4.79 Å². The smallest absolute Gasteiger partial charge is 0.224 e. The molecule has 0 saturated carbocycles. The van der Waals surface area contributed by atoms with E-state index in [-0.39, 0.29) is 11.8 Å². The van der Waals surface area contributed by atoms with Crippen LogP contribution in [0.3, 0.4) is 0 Å². The number of likely N-dealkylation sites (N-methyl/N-ethyl adjacent to an activating group) is 1. The van der Waals surface area contributed by atoms with E-state index < -0.39 is 0 Å². The number of rotatable bonds is 6. The van der Waals surface area contributed by atoms with Crippen molar-refractivity contribution in [3.05, 3.63) is 0 Å². The van der Waals surface area contributed by atoms with Crippen molar-refractivity contribution in [2.24, 2.45) is 5.92 Å². The molecule has 1 atom stereocenters. The number of hydrogen-bond acceptors (Lipinski definition) is 3. The normalized spacial score (nSPS) is 20.2. The van der Waals surface area contributed by atoms with Crippen LogP contribution in [0.4, 0.5) is 0 Å². The number of halogens is 1. The van der Waals surface area contributed by atoms with Crippen LogP contribution in [0.25, 0.3) is 0 Å². The first-order valence-corrected chi connectivity index (χ1v) is 6.91. The van der Waals surface area contributed by atoms with Crippen molar-refractivity contribution in [1.29, 1.82) is 0 Å². The quantitative estimate of drug-likeness (QED) is 0.562. The SMILES string of the molecule is CC(CCl)C(=O)NCCCN1CCN(C)CC1. The Morgan fingerprint density at radius 2 is 2.00 bits per heavy atom. The summed E-state index contributed by atoms with van der Waals surface area (Å²) in [6.07, 6.45) is 1.02. The standard InChI is InChI=1S/C12H24ClN3O/c1-11(10-13)12(17)14-4-3-5-16-8-6-15(2)7-9-16/h11H,3-10H2,1-2H3,(H,14,17). The van der Waals surface area contributed by atoms with E-state index in [1.807, 2.05) is 6.92 Å². The molecule has 1 aliphatic heterocycles. The molecule has 0 aromatic carbocycles. The number of carbonyl (C=O) groups is 1. The van der Waals surface area contributed by atoms with Crippen molar-refractivity contribution in [2.75, 3.05) is 52.2 Å². The highest BCUT2D eigenvalue weighted by Crippen LogP contribution is 2.00. The first kappa shape index (κ1) is 14.7. The van der Waals surface area contributed by atoms with Gasteiger partial charge in [0.1, 0.15) is 0 Å². The van der Waals surface area contributed by atoms with Crippen LogP contribution in [0.1, 0.15) is 13.3 Å². The summed E-state index contributed by atoms with van der Waals surface area (Å²) < 4.78 is 0. The summed E-state index contributed by atoms with van der Waals surface area (Å²) in [6, 6.07) is 0. The molecule has 0 aromatic rings. The highest BCUT2D eigenvalue weighted by Gasteiger charge is 2.13. The van der Waals surface area contributed by atoms with Crippen LogP contribution in [0, 0.1) is 5.92 Å². The largest absolute Gasteiger partial charge is 0.356 e. The number of nitrogens with zero attached hydrogens (tertiary/aromatic N) is 2. The van der Waals surface area contributed by atoms with Gasteiger partial charge in [-0.1, -0.05) is 6.92 Å². The third-order valence-corrected chi connectivity index (χ3v) is 3.69. The molecular weight excluding hydrogens is 238 g/mol. The third-order valence-electron chi connectivity index (χ3n) is 3.23.